The molecule has 0 radical (unpaired) electrons. The molecule has 0 spiro atoms. The molecule has 0 aliphatic carbocycles. The molecule has 37 heavy (non-hydrogen) atoms. The van der Waals surface area contributed by atoms with Gasteiger partial charge >= 0.3 is 0 Å². The molecule has 2 aromatic rings. The Morgan fingerprint density at radius 3 is 1.84 bits per heavy atom. The van der Waals surface area contributed by atoms with Crippen LogP contribution in [0.4, 0.5) is 11.4 Å². The van der Waals surface area contributed by atoms with Crippen LogP contribution in [0.2, 0.25) is 0 Å². The number of amides is 2. The predicted octanol–water partition coefficient (Wildman–Crippen LogP) is 8.28. The molecular weight excluding hydrogens is 460 g/mol. The van der Waals surface area contributed by atoms with E-state index in [1.807, 2.05) is 44.2 Å². The van der Waals surface area contributed by atoms with E-state index >= 15 is 0 Å². The van der Waals surface area contributed by atoms with Crippen LogP contribution in [0, 0.1) is 5.92 Å². The number of unbranched alkanes of at least 4 members (excludes halogenated alkanes) is 9. The van der Waals surface area contributed by atoms with Crippen LogP contribution in [0.5, 0.6) is 0 Å². The average molecular weight is 507 g/mol. The van der Waals surface area contributed by atoms with Gasteiger partial charge in [0.05, 0.1) is 11.4 Å². The largest absolute Gasteiger partial charge is 0.354 e. The van der Waals surface area contributed by atoms with Gasteiger partial charge in [0, 0.05) is 12.1 Å². The van der Waals surface area contributed by atoms with Crippen LogP contribution in [0.1, 0.15) is 102 Å². The lowest BCUT2D eigenvalue weighted by atomic mass is 9.97. The molecule has 2 atom stereocenters. The Hall–Kier alpha value is -3.02. The minimum atomic E-state index is -0.557. The van der Waals surface area contributed by atoms with Gasteiger partial charge in [0.2, 0.25) is 5.91 Å². The van der Waals surface area contributed by atoms with Crippen LogP contribution in [-0.2, 0) is 4.79 Å². The molecule has 2 rings (SSSR count). The summed E-state index contributed by atoms with van der Waals surface area (Å²) >= 11 is 0. The molecule has 0 aromatic heterocycles. The van der Waals surface area contributed by atoms with Crippen LogP contribution in [-0.4, -0.2) is 24.4 Å². The fourth-order valence-corrected chi connectivity index (χ4v) is 4.15. The predicted molar refractivity (Wildman–Crippen MR) is 153 cm³/mol. The van der Waals surface area contributed by atoms with Gasteiger partial charge in [0.25, 0.3) is 5.91 Å². The Labute approximate surface area is 223 Å². The van der Waals surface area contributed by atoms with E-state index in [0.717, 1.165) is 24.9 Å². The molecule has 0 unspecified atom stereocenters. The first-order valence-corrected chi connectivity index (χ1v) is 14.2. The van der Waals surface area contributed by atoms with Crippen molar-refractivity contribution in [3.8, 4) is 0 Å². The van der Waals surface area contributed by atoms with Crippen molar-refractivity contribution in [1.82, 2.24) is 10.6 Å². The minimum Gasteiger partial charge on any atom is -0.354 e. The van der Waals surface area contributed by atoms with E-state index in [9.17, 15) is 9.59 Å². The molecule has 0 bridgehead atoms. The Bertz CT molecular complexity index is 928. The normalized spacial score (nSPS) is 12.8. The Kier molecular flexibility index (Phi) is 14.9. The molecule has 0 heterocycles. The van der Waals surface area contributed by atoms with Crippen molar-refractivity contribution in [2.75, 3.05) is 6.54 Å². The SMILES string of the molecule is CCCCCCCCCCCCNC(=O)[C@@H](NC(=O)c1ccc(N=Nc2ccccc2)cc1)[C@@H](C)CC. The summed E-state index contributed by atoms with van der Waals surface area (Å²) in [6, 6.07) is 15.9. The summed E-state index contributed by atoms with van der Waals surface area (Å²) in [6.45, 7) is 6.93. The van der Waals surface area contributed by atoms with Gasteiger partial charge in [-0.05, 0) is 48.7 Å². The summed E-state index contributed by atoms with van der Waals surface area (Å²) in [5.74, 6) is -0.326. The Morgan fingerprint density at radius 1 is 0.730 bits per heavy atom. The molecule has 0 aliphatic heterocycles. The second-order valence-electron chi connectivity index (χ2n) is 9.89. The number of benzene rings is 2. The van der Waals surface area contributed by atoms with Crippen molar-refractivity contribution in [2.24, 2.45) is 16.1 Å². The third-order valence-corrected chi connectivity index (χ3v) is 6.78. The number of rotatable bonds is 18. The molecule has 2 amide bonds. The van der Waals surface area contributed by atoms with E-state index in [4.69, 9.17) is 0 Å². The van der Waals surface area contributed by atoms with Gasteiger partial charge in [-0.25, -0.2) is 0 Å². The zero-order valence-corrected chi connectivity index (χ0v) is 23.0. The lowest BCUT2D eigenvalue weighted by Gasteiger charge is -2.23. The second kappa shape index (κ2) is 18.3. The van der Waals surface area contributed by atoms with Gasteiger partial charge in [-0.3, -0.25) is 9.59 Å². The average Bonchev–Trinajstić information content (AvgIpc) is 2.93. The number of nitrogens with one attached hydrogen (secondary N) is 2. The summed E-state index contributed by atoms with van der Waals surface area (Å²) in [6.07, 6.45) is 13.4. The highest BCUT2D eigenvalue weighted by atomic mass is 16.2. The molecule has 6 nitrogen and oxygen atoms in total. The first-order valence-electron chi connectivity index (χ1n) is 14.2. The highest BCUT2D eigenvalue weighted by Gasteiger charge is 2.26. The topological polar surface area (TPSA) is 82.9 Å². The van der Waals surface area contributed by atoms with E-state index in [1.165, 1.54) is 51.4 Å². The van der Waals surface area contributed by atoms with Crippen LogP contribution < -0.4 is 10.6 Å². The van der Waals surface area contributed by atoms with Crippen LogP contribution in [0.3, 0.4) is 0 Å². The maximum atomic E-state index is 12.9. The molecule has 2 aromatic carbocycles. The first kappa shape index (κ1) is 30.2. The van der Waals surface area contributed by atoms with Crippen molar-refractivity contribution in [2.45, 2.75) is 97.4 Å². The van der Waals surface area contributed by atoms with Crippen molar-refractivity contribution < 1.29 is 9.59 Å². The summed E-state index contributed by atoms with van der Waals surface area (Å²) < 4.78 is 0. The van der Waals surface area contributed by atoms with Gasteiger partial charge in [-0.15, -0.1) is 0 Å². The second-order valence-corrected chi connectivity index (χ2v) is 9.89. The molecule has 0 fully saturated rings. The first-order chi connectivity index (χ1) is 18.0. The highest BCUT2D eigenvalue weighted by molar-refractivity contribution is 5.97. The fourth-order valence-electron chi connectivity index (χ4n) is 4.15. The van der Waals surface area contributed by atoms with Crippen molar-refractivity contribution in [1.29, 1.82) is 0 Å². The van der Waals surface area contributed by atoms with Crippen molar-refractivity contribution in [3.63, 3.8) is 0 Å². The summed E-state index contributed by atoms with van der Waals surface area (Å²) in [4.78, 5) is 25.8. The van der Waals surface area contributed by atoms with Gasteiger partial charge in [0.1, 0.15) is 6.04 Å². The maximum absolute atomic E-state index is 12.9. The molecular formula is C31H46N4O2. The van der Waals surface area contributed by atoms with E-state index in [1.54, 1.807) is 24.3 Å². The van der Waals surface area contributed by atoms with Crippen molar-refractivity contribution >= 4 is 23.2 Å². The van der Waals surface area contributed by atoms with Crippen LogP contribution in [0.15, 0.2) is 64.8 Å². The third kappa shape index (κ3) is 12.2. The summed E-state index contributed by atoms with van der Waals surface area (Å²) in [5, 5.41) is 14.4. The number of hydrogen-bond acceptors (Lipinski definition) is 4. The molecule has 202 valence electrons. The number of azo groups is 1. The van der Waals surface area contributed by atoms with Gasteiger partial charge in [-0.1, -0.05) is 103 Å². The quantitative estimate of drug-likeness (QED) is 0.157. The Morgan fingerprint density at radius 2 is 1.27 bits per heavy atom. The van der Waals surface area contributed by atoms with Crippen LogP contribution in [0.25, 0.3) is 0 Å². The molecule has 2 N–H and O–H groups in total. The van der Waals surface area contributed by atoms with E-state index < -0.39 is 6.04 Å². The van der Waals surface area contributed by atoms with E-state index in [-0.39, 0.29) is 17.7 Å². The Balaban J connectivity index is 1.75. The van der Waals surface area contributed by atoms with Gasteiger partial charge in [-0.2, -0.15) is 10.2 Å². The zero-order chi connectivity index (χ0) is 26.7. The van der Waals surface area contributed by atoms with Gasteiger partial charge < -0.3 is 10.6 Å². The maximum Gasteiger partial charge on any atom is 0.251 e. The number of nitrogens with zero attached hydrogens (tertiary/aromatic N) is 2. The van der Waals surface area contributed by atoms with Crippen LogP contribution >= 0.6 is 0 Å². The standard InChI is InChI=1S/C31H46N4O2/c1-4-6-7-8-9-10-11-12-13-17-24-32-31(37)29(25(3)5-2)33-30(36)26-20-22-28(23-21-26)35-34-27-18-15-14-16-19-27/h14-16,18-23,25,29H,4-13,17,24H2,1-3H3,(H,32,37)(H,33,36)/t25-,29-/m0/s1. The molecule has 0 saturated carbocycles. The number of hydrogen-bond donors (Lipinski definition) is 2. The molecule has 6 heteroatoms. The lowest BCUT2D eigenvalue weighted by molar-refractivity contribution is -0.124. The number of carbonyl (C=O) groups excluding carboxylic acids is 2. The van der Waals surface area contributed by atoms with Gasteiger partial charge in [0.15, 0.2) is 0 Å². The fraction of sp³-hybridized carbons (Fsp3) is 0.548. The lowest BCUT2D eigenvalue weighted by Crippen LogP contribution is -2.50. The summed E-state index contributed by atoms with van der Waals surface area (Å²) in [5.41, 5.74) is 1.92. The highest BCUT2D eigenvalue weighted by Crippen LogP contribution is 2.19. The zero-order valence-electron chi connectivity index (χ0n) is 23.0. The van der Waals surface area contributed by atoms with Crippen molar-refractivity contribution in [3.05, 3.63) is 60.2 Å². The number of carbonyl (C=O) groups is 2. The minimum absolute atomic E-state index is 0.0376. The third-order valence-electron chi connectivity index (χ3n) is 6.78. The molecule has 0 saturated heterocycles. The van der Waals surface area contributed by atoms with E-state index in [0.29, 0.717) is 17.8 Å². The van der Waals surface area contributed by atoms with E-state index in [2.05, 4.69) is 27.8 Å². The smallest absolute Gasteiger partial charge is 0.251 e. The summed E-state index contributed by atoms with van der Waals surface area (Å²) in [7, 11) is 0. The monoisotopic (exact) mass is 506 g/mol. The molecule has 0 aliphatic rings.